The molecule has 0 amide bonds. The summed E-state index contributed by atoms with van der Waals surface area (Å²) in [4.78, 5) is 0. The average Bonchev–Trinajstić information content (AvgIpc) is 2.83. The summed E-state index contributed by atoms with van der Waals surface area (Å²) in [5.41, 5.74) is 0.00251. The van der Waals surface area contributed by atoms with Gasteiger partial charge in [0.25, 0.3) is 0 Å². The van der Waals surface area contributed by atoms with Crippen LogP contribution in [0, 0.1) is 29.4 Å². The first-order valence-corrected chi connectivity index (χ1v) is 13.4. The molecule has 0 atom stereocenters. The second kappa shape index (κ2) is 11.4. The molecule has 2 aliphatic rings. The van der Waals surface area contributed by atoms with Crippen molar-refractivity contribution in [1.82, 2.24) is 0 Å². The Labute approximate surface area is 206 Å². The van der Waals surface area contributed by atoms with Crippen LogP contribution in [-0.2, 0) is 6.18 Å². The fourth-order valence-electron chi connectivity index (χ4n) is 6.43. The van der Waals surface area contributed by atoms with Crippen molar-refractivity contribution in [3.05, 3.63) is 59.2 Å². The molecule has 2 fully saturated rings. The lowest BCUT2D eigenvalue weighted by Gasteiger charge is -2.32. The Balaban J connectivity index is 1.27. The van der Waals surface area contributed by atoms with Crippen molar-refractivity contribution in [2.45, 2.75) is 96.1 Å². The molecular formula is C30H37F5. The maximum atomic E-state index is 14.0. The lowest BCUT2D eigenvalue weighted by Crippen LogP contribution is -2.17. The number of halogens is 5. The molecule has 0 aromatic heterocycles. The first-order valence-electron chi connectivity index (χ1n) is 13.4. The van der Waals surface area contributed by atoms with E-state index in [4.69, 9.17) is 0 Å². The van der Waals surface area contributed by atoms with E-state index in [9.17, 15) is 22.0 Å². The van der Waals surface area contributed by atoms with Crippen LogP contribution in [0.4, 0.5) is 22.0 Å². The standard InChI is InChI=1S/C30H37F5/c1-2-3-20-4-6-21(7-5-20)8-9-22-10-12-23(13-11-22)24-14-16-25(17-15-24)26-18-27(31)29(28(32)19-26)30(33,34)35/h14-23H,2-13H2,1H3. The van der Waals surface area contributed by atoms with Crippen molar-refractivity contribution in [3.63, 3.8) is 0 Å². The van der Waals surface area contributed by atoms with Gasteiger partial charge in [-0.25, -0.2) is 8.78 Å². The van der Waals surface area contributed by atoms with Crippen molar-refractivity contribution in [2.24, 2.45) is 17.8 Å². The molecule has 35 heavy (non-hydrogen) atoms. The van der Waals surface area contributed by atoms with Crippen LogP contribution in [0.5, 0.6) is 0 Å². The second-order valence-electron chi connectivity index (χ2n) is 10.9. The van der Waals surface area contributed by atoms with E-state index >= 15 is 0 Å². The molecule has 4 rings (SSSR count). The maximum Gasteiger partial charge on any atom is 0.422 e. The predicted octanol–water partition coefficient (Wildman–Crippen LogP) is 10.3. The highest BCUT2D eigenvalue weighted by molar-refractivity contribution is 5.64. The molecule has 0 unspecified atom stereocenters. The average molecular weight is 493 g/mol. The third kappa shape index (κ3) is 6.65. The Kier molecular flexibility index (Phi) is 8.54. The van der Waals surface area contributed by atoms with E-state index in [0.717, 1.165) is 42.7 Å². The molecule has 192 valence electrons. The Morgan fingerprint density at radius 1 is 0.657 bits per heavy atom. The zero-order valence-corrected chi connectivity index (χ0v) is 20.6. The largest absolute Gasteiger partial charge is 0.422 e. The summed E-state index contributed by atoms with van der Waals surface area (Å²) in [6, 6.07) is 8.98. The Hall–Kier alpha value is -1.91. The van der Waals surface area contributed by atoms with Gasteiger partial charge < -0.3 is 0 Å². The Bertz CT molecular complexity index is 923. The van der Waals surface area contributed by atoms with Crippen molar-refractivity contribution in [2.75, 3.05) is 0 Å². The van der Waals surface area contributed by atoms with Gasteiger partial charge in [0.05, 0.1) is 0 Å². The van der Waals surface area contributed by atoms with Crippen molar-refractivity contribution in [3.8, 4) is 11.1 Å². The van der Waals surface area contributed by atoms with Crippen LogP contribution in [0.15, 0.2) is 36.4 Å². The highest BCUT2D eigenvalue weighted by Crippen LogP contribution is 2.41. The van der Waals surface area contributed by atoms with E-state index in [1.165, 1.54) is 69.8 Å². The summed E-state index contributed by atoms with van der Waals surface area (Å²) in [6.45, 7) is 2.29. The highest BCUT2D eigenvalue weighted by Gasteiger charge is 2.38. The third-order valence-electron chi connectivity index (χ3n) is 8.53. The van der Waals surface area contributed by atoms with Crippen LogP contribution in [0.2, 0.25) is 0 Å². The summed E-state index contributed by atoms with van der Waals surface area (Å²) in [5.74, 6) is 0.0271. The molecule has 5 heteroatoms. The lowest BCUT2D eigenvalue weighted by molar-refractivity contribution is -0.142. The first kappa shape index (κ1) is 26.2. The third-order valence-corrected chi connectivity index (χ3v) is 8.53. The smallest absolute Gasteiger partial charge is 0.206 e. The molecular weight excluding hydrogens is 455 g/mol. The zero-order valence-electron chi connectivity index (χ0n) is 20.6. The van der Waals surface area contributed by atoms with Gasteiger partial charge >= 0.3 is 6.18 Å². The van der Waals surface area contributed by atoms with Crippen LogP contribution in [0.25, 0.3) is 11.1 Å². The van der Waals surface area contributed by atoms with E-state index in [1.807, 2.05) is 12.1 Å². The molecule has 2 saturated carbocycles. The van der Waals surface area contributed by atoms with Crippen molar-refractivity contribution >= 4 is 0 Å². The maximum absolute atomic E-state index is 14.0. The number of rotatable bonds is 7. The molecule has 2 aromatic rings. The van der Waals surface area contributed by atoms with Gasteiger partial charge in [-0.1, -0.05) is 82.6 Å². The lowest BCUT2D eigenvalue weighted by atomic mass is 9.74. The van der Waals surface area contributed by atoms with Crippen LogP contribution in [-0.4, -0.2) is 0 Å². The van der Waals surface area contributed by atoms with E-state index < -0.39 is 23.4 Å². The zero-order chi connectivity index (χ0) is 25.0. The van der Waals surface area contributed by atoms with E-state index in [2.05, 4.69) is 6.92 Å². The minimum Gasteiger partial charge on any atom is -0.206 e. The summed E-state index contributed by atoms with van der Waals surface area (Å²) >= 11 is 0. The SMILES string of the molecule is CCCC1CCC(CCC2CCC(c3ccc(-c4cc(F)c(C(F)(F)F)c(F)c4)cc3)CC2)CC1. The molecule has 0 saturated heterocycles. The second-order valence-corrected chi connectivity index (χ2v) is 10.9. The molecule has 0 N–H and O–H groups in total. The van der Waals surface area contributed by atoms with Gasteiger partial charge in [0.1, 0.15) is 17.2 Å². The fraction of sp³-hybridized carbons (Fsp3) is 0.600. The van der Waals surface area contributed by atoms with E-state index in [0.29, 0.717) is 11.5 Å². The van der Waals surface area contributed by atoms with Gasteiger partial charge in [-0.05, 0) is 78.2 Å². The molecule has 0 bridgehead atoms. The Morgan fingerprint density at radius 2 is 1.11 bits per heavy atom. The summed E-state index contributed by atoms with van der Waals surface area (Å²) < 4.78 is 66.4. The molecule has 0 spiro atoms. The van der Waals surface area contributed by atoms with Crippen LogP contribution >= 0.6 is 0 Å². The normalized spacial score (nSPS) is 25.5. The first-order chi connectivity index (χ1) is 16.7. The molecule has 2 aliphatic carbocycles. The molecule has 0 radical (unpaired) electrons. The summed E-state index contributed by atoms with van der Waals surface area (Å²) in [6.07, 6.45) is 10.8. The summed E-state index contributed by atoms with van der Waals surface area (Å²) in [5, 5.41) is 0. The van der Waals surface area contributed by atoms with Crippen LogP contribution in [0.1, 0.15) is 101 Å². The van der Waals surface area contributed by atoms with E-state index in [-0.39, 0.29) is 5.56 Å². The Morgan fingerprint density at radius 3 is 1.57 bits per heavy atom. The number of hydrogen-bond donors (Lipinski definition) is 0. The van der Waals surface area contributed by atoms with Crippen LogP contribution in [0.3, 0.4) is 0 Å². The van der Waals surface area contributed by atoms with Gasteiger partial charge in [-0.3, -0.25) is 0 Å². The van der Waals surface area contributed by atoms with Gasteiger partial charge in [-0.15, -0.1) is 0 Å². The highest BCUT2D eigenvalue weighted by atomic mass is 19.4. The van der Waals surface area contributed by atoms with Gasteiger partial charge in [0, 0.05) is 0 Å². The number of alkyl halides is 3. The minimum atomic E-state index is -5.05. The predicted molar refractivity (Wildman–Crippen MR) is 131 cm³/mol. The topological polar surface area (TPSA) is 0 Å². The number of hydrogen-bond acceptors (Lipinski definition) is 0. The molecule has 0 heterocycles. The monoisotopic (exact) mass is 492 g/mol. The van der Waals surface area contributed by atoms with E-state index in [1.54, 1.807) is 12.1 Å². The minimum absolute atomic E-state index is 0.118. The molecule has 2 aromatic carbocycles. The quantitative estimate of drug-likeness (QED) is 0.337. The van der Waals surface area contributed by atoms with Gasteiger partial charge in [0.15, 0.2) is 0 Å². The molecule has 0 aliphatic heterocycles. The molecule has 0 nitrogen and oxygen atoms in total. The van der Waals surface area contributed by atoms with Gasteiger partial charge in [0.2, 0.25) is 0 Å². The van der Waals surface area contributed by atoms with Gasteiger partial charge in [-0.2, -0.15) is 13.2 Å². The fourth-order valence-corrected chi connectivity index (χ4v) is 6.43. The van der Waals surface area contributed by atoms with Crippen molar-refractivity contribution < 1.29 is 22.0 Å². The van der Waals surface area contributed by atoms with Crippen LogP contribution < -0.4 is 0 Å². The van der Waals surface area contributed by atoms with Crippen molar-refractivity contribution in [1.29, 1.82) is 0 Å². The number of benzene rings is 2. The summed E-state index contributed by atoms with van der Waals surface area (Å²) in [7, 11) is 0.